The lowest BCUT2D eigenvalue weighted by molar-refractivity contribution is 0.0822. The third-order valence-corrected chi connectivity index (χ3v) is 1.95. The second kappa shape index (κ2) is 3.15. The van der Waals surface area contributed by atoms with Crippen molar-refractivity contribution >= 4 is 0 Å². The van der Waals surface area contributed by atoms with E-state index in [1.54, 1.807) is 0 Å². The molecular formula is C6H13NO2. The van der Waals surface area contributed by atoms with Gasteiger partial charge >= 0.3 is 0 Å². The van der Waals surface area contributed by atoms with Crippen molar-refractivity contribution in [3.63, 3.8) is 0 Å². The molecule has 1 heterocycles. The lowest BCUT2D eigenvalue weighted by Gasteiger charge is -2.32. The van der Waals surface area contributed by atoms with Gasteiger partial charge in [0.25, 0.3) is 0 Å². The van der Waals surface area contributed by atoms with E-state index in [1.807, 2.05) is 0 Å². The van der Waals surface area contributed by atoms with Crippen LogP contribution in [0.4, 0.5) is 0 Å². The highest BCUT2D eigenvalue weighted by atomic mass is 16.3. The second-order valence-corrected chi connectivity index (χ2v) is 2.54. The number of hydrogen-bond acceptors (Lipinski definition) is 3. The quantitative estimate of drug-likeness (QED) is 0.451. The zero-order valence-electron chi connectivity index (χ0n) is 5.38. The molecule has 0 aromatic heterocycles. The average molecular weight is 131 g/mol. The van der Waals surface area contributed by atoms with Crippen LogP contribution in [-0.2, 0) is 0 Å². The topological polar surface area (TPSA) is 52.5 Å². The first-order valence-electron chi connectivity index (χ1n) is 3.31. The summed E-state index contributed by atoms with van der Waals surface area (Å²) in [6, 6.07) is 0. The predicted octanol–water partition coefficient (Wildman–Crippen LogP) is -1.19. The molecule has 3 N–H and O–H groups in total. The maximum Gasteiger partial charge on any atom is 0.0484 e. The SMILES string of the molecule is OCC(CO)C1CNC1. The van der Waals surface area contributed by atoms with Crippen LogP contribution in [0.3, 0.4) is 0 Å². The van der Waals surface area contributed by atoms with Crippen LogP contribution in [0.5, 0.6) is 0 Å². The molecule has 54 valence electrons. The van der Waals surface area contributed by atoms with E-state index < -0.39 is 0 Å². The summed E-state index contributed by atoms with van der Waals surface area (Å²) in [4.78, 5) is 0. The van der Waals surface area contributed by atoms with Gasteiger partial charge in [0.1, 0.15) is 0 Å². The fourth-order valence-corrected chi connectivity index (χ4v) is 1.00. The lowest BCUT2D eigenvalue weighted by Crippen LogP contribution is -2.48. The van der Waals surface area contributed by atoms with Crippen molar-refractivity contribution < 1.29 is 10.2 Å². The van der Waals surface area contributed by atoms with Crippen molar-refractivity contribution in [2.24, 2.45) is 11.8 Å². The van der Waals surface area contributed by atoms with Gasteiger partial charge in [-0.1, -0.05) is 0 Å². The van der Waals surface area contributed by atoms with Gasteiger partial charge in [0.2, 0.25) is 0 Å². The Kier molecular flexibility index (Phi) is 2.45. The molecule has 0 unspecified atom stereocenters. The smallest absolute Gasteiger partial charge is 0.0484 e. The molecule has 0 aliphatic carbocycles. The molecule has 0 aromatic carbocycles. The molecule has 0 saturated carbocycles. The zero-order valence-corrected chi connectivity index (χ0v) is 5.38. The Bertz CT molecular complexity index is 79.1. The van der Waals surface area contributed by atoms with Gasteiger partial charge in [-0.15, -0.1) is 0 Å². The highest BCUT2D eigenvalue weighted by Crippen LogP contribution is 2.14. The summed E-state index contributed by atoms with van der Waals surface area (Å²) in [6.45, 7) is 2.13. The van der Waals surface area contributed by atoms with Crippen LogP contribution in [0.2, 0.25) is 0 Å². The minimum absolute atomic E-state index is 0.103. The fraction of sp³-hybridized carbons (Fsp3) is 1.00. The second-order valence-electron chi connectivity index (χ2n) is 2.54. The van der Waals surface area contributed by atoms with Crippen LogP contribution in [0.25, 0.3) is 0 Å². The van der Waals surface area contributed by atoms with E-state index in [4.69, 9.17) is 10.2 Å². The summed E-state index contributed by atoms with van der Waals surface area (Å²) in [5.41, 5.74) is 0. The minimum Gasteiger partial charge on any atom is -0.396 e. The van der Waals surface area contributed by atoms with Crippen molar-refractivity contribution in [2.75, 3.05) is 26.3 Å². The number of nitrogens with one attached hydrogen (secondary N) is 1. The standard InChI is InChI=1S/C6H13NO2/c8-3-6(4-9)5-1-7-2-5/h5-9H,1-4H2. The van der Waals surface area contributed by atoms with E-state index in [9.17, 15) is 0 Å². The molecule has 1 fully saturated rings. The van der Waals surface area contributed by atoms with Crippen LogP contribution in [0.1, 0.15) is 0 Å². The molecule has 1 saturated heterocycles. The van der Waals surface area contributed by atoms with E-state index in [1.165, 1.54) is 0 Å². The molecule has 9 heavy (non-hydrogen) atoms. The fourth-order valence-electron chi connectivity index (χ4n) is 1.00. The zero-order chi connectivity index (χ0) is 6.69. The molecule has 0 amide bonds. The van der Waals surface area contributed by atoms with Crippen LogP contribution in [0.15, 0.2) is 0 Å². The third kappa shape index (κ3) is 1.41. The van der Waals surface area contributed by atoms with Crippen molar-refractivity contribution in [1.82, 2.24) is 5.32 Å². The minimum atomic E-state index is 0.103. The van der Waals surface area contributed by atoms with Crippen molar-refractivity contribution in [1.29, 1.82) is 0 Å². The summed E-state index contributed by atoms with van der Waals surface area (Å²) in [6.07, 6.45) is 0. The van der Waals surface area contributed by atoms with Crippen LogP contribution >= 0.6 is 0 Å². The Morgan fingerprint density at radius 2 is 1.89 bits per heavy atom. The van der Waals surface area contributed by atoms with E-state index in [0.717, 1.165) is 13.1 Å². The molecule has 3 nitrogen and oxygen atoms in total. The maximum atomic E-state index is 8.67. The molecule has 0 atom stereocenters. The molecular weight excluding hydrogens is 118 g/mol. The van der Waals surface area contributed by atoms with Gasteiger partial charge in [0, 0.05) is 19.1 Å². The number of rotatable bonds is 3. The van der Waals surface area contributed by atoms with Gasteiger partial charge in [0.05, 0.1) is 0 Å². The first kappa shape index (κ1) is 6.99. The molecule has 3 heteroatoms. The average Bonchev–Trinajstić information content (AvgIpc) is 1.78. The Balaban J connectivity index is 2.19. The van der Waals surface area contributed by atoms with Crippen LogP contribution in [0, 0.1) is 11.8 Å². The highest BCUT2D eigenvalue weighted by molar-refractivity contribution is 4.80. The van der Waals surface area contributed by atoms with Crippen LogP contribution in [-0.4, -0.2) is 36.5 Å². The molecule has 0 aromatic rings. The Hall–Kier alpha value is -0.120. The van der Waals surface area contributed by atoms with Gasteiger partial charge in [-0.2, -0.15) is 0 Å². The van der Waals surface area contributed by atoms with E-state index in [-0.39, 0.29) is 19.1 Å². The maximum absolute atomic E-state index is 8.67. The molecule has 1 aliphatic heterocycles. The number of aliphatic hydroxyl groups excluding tert-OH is 2. The Morgan fingerprint density at radius 1 is 1.33 bits per heavy atom. The van der Waals surface area contributed by atoms with Crippen molar-refractivity contribution in [3.05, 3.63) is 0 Å². The number of aliphatic hydroxyl groups is 2. The van der Waals surface area contributed by atoms with Gasteiger partial charge in [-0.3, -0.25) is 0 Å². The summed E-state index contributed by atoms with van der Waals surface area (Å²) in [7, 11) is 0. The predicted molar refractivity (Wildman–Crippen MR) is 34.0 cm³/mol. The largest absolute Gasteiger partial charge is 0.396 e. The van der Waals surface area contributed by atoms with Gasteiger partial charge in [-0.05, 0) is 19.0 Å². The first-order valence-corrected chi connectivity index (χ1v) is 3.31. The van der Waals surface area contributed by atoms with E-state index in [0.29, 0.717) is 5.92 Å². The Morgan fingerprint density at radius 3 is 2.00 bits per heavy atom. The normalized spacial score (nSPS) is 20.3. The molecule has 0 spiro atoms. The van der Waals surface area contributed by atoms with Crippen molar-refractivity contribution in [3.8, 4) is 0 Å². The van der Waals surface area contributed by atoms with E-state index >= 15 is 0 Å². The monoisotopic (exact) mass is 131 g/mol. The Labute approximate surface area is 54.7 Å². The molecule has 0 bridgehead atoms. The number of hydrogen-bond donors (Lipinski definition) is 3. The van der Waals surface area contributed by atoms with Gasteiger partial charge in [-0.25, -0.2) is 0 Å². The van der Waals surface area contributed by atoms with Gasteiger partial charge < -0.3 is 15.5 Å². The molecule has 0 radical (unpaired) electrons. The van der Waals surface area contributed by atoms with Gasteiger partial charge in [0.15, 0.2) is 0 Å². The summed E-state index contributed by atoms with van der Waals surface area (Å²) < 4.78 is 0. The third-order valence-electron chi connectivity index (χ3n) is 1.95. The van der Waals surface area contributed by atoms with Crippen molar-refractivity contribution in [2.45, 2.75) is 0 Å². The summed E-state index contributed by atoms with van der Waals surface area (Å²) in [5, 5.41) is 20.4. The lowest BCUT2D eigenvalue weighted by atomic mass is 9.89. The summed E-state index contributed by atoms with van der Waals surface area (Å²) >= 11 is 0. The molecule has 1 rings (SSSR count). The van der Waals surface area contributed by atoms with Crippen LogP contribution < -0.4 is 5.32 Å². The molecule has 1 aliphatic rings. The summed E-state index contributed by atoms with van der Waals surface area (Å²) in [5.74, 6) is 0.603. The highest BCUT2D eigenvalue weighted by Gasteiger charge is 2.25. The first-order chi connectivity index (χ1) is 4.38. The van der Waals surface area contributed by atoms with E-state index in [2.05, 4.69) is 5.32 Å².